The maximum Gasteiger partial charge on any atom is 0.308 e. The first kappa shape index (κ1) is 23.1. The minimum atomic E-state index is -0.935. The first-order chi connectivity index (χ1) is 17.2. The van der Waals surface area contributed by atoms with E-state index in [4.69, 9.17) is 4.74 Å². The highest BCUT2D eigenvalue weighted by Gasteiger charge is 2.47. The van der Waals surface area contributed by atoms with Crippen LogP contribution in [0.25, 0.3) is 16.7 Å². The van der Waals surface area contributed by atoms with Gasteiger partial charge in [0.1, 0.15) is 11.5 Å². The van der Waals surface area contributed by atoms with Gasteiger partial charge < -0.3 is 14.8 Å². The number of nitrogens with one attached hydrogen (secondary N) is 1. The van der Waals surface area contributed by atoms with Gasteiger partial charge in [-0.2, -0.15) is 0 Å². The molecule has 0 bridgehead atoms. The van der Waals surface area contributed by atoms with Crippen LogP contribution in [0.2, 0.25) is 0 Å². The van der Waals surface area contributed by atoms with Crippen LogP contribution in [0.1, 0.15) is 35.2 Å². The van der Waals surface area contributed by atoms with E-state index >= 15 is 0 Å². The third-order valence-corrected chi connectivity index (χ3v) is 6.21. The molecule has 1 unspecified atom stereocenters. The largest absolute Gasteiger partial charge is 0.507 e. The standard InChI is InChI=1S/C29H24N2O5/c1-16-11-17(2)13-20(12-16)31-26(19-7-6-8-21(14-19)36-18(3)32)25(28(34)29(31)35)27(33)23-15-30-24-10-5-4-9-22(23)24/h4-15,26,30,33H,1-3H3/b27-25-. The Bertz CT molecular complexity index is 1560. The van der Waals surface area contributed by atoms with Crippen LogP contribution in [0.3, 0.4) is 0 Å². The second-order valence-corrected chi connectivity index (χ2v) is 8.93. The zero-order chi connectivity index (χ0) is 25.6. The molecule has 2 heterocycles. The van der Waals surface area contributed by atoms with Crippen LogP contribution in [0.15, 0.2) is 78.5 Å². The molecule has 5 rings (SSSR count). The lowest BCUT2D eigenvalue weighted by atomic mass is 9.94. The molecule has 7 nitrogen and oxygen atoms in total. The summed E-state index contributed by atoms with van der Waals surface area (Å²) in [7, 11) is 0. The molecule has 1 aliphatic heterocycles. The molecule has 1 amide bonds. The molecule has 1 aromatic heterocycles. The Balaban J connectivity index is 1.76. The predicted octanol–water partition coefficient (Wildman–Crippen LogP) is 5.34. The fraction of sp³-hybridized carbons (Fsp3) is 0.138. The van der Waals surface area contributed by atoms with Crippen molar-refractivity contribution in [1.82, 2.24) is 4.98 Å². The number of aliphatic hydroxyl groups excluding tert-OH is 1. The van der Waals surface area contributed by atoms with Gasteiger partial charge in [-0.1, -0.05) is 36.4 Å². The van der Waals surface area contributed by atoms with Crippen LogP contribution in [0.4, 0.5) is 5.69 Å². The van der Waals surface area contributed by atoms with E-state index in [9.17, 15) is 19.5 Å². The molecular weight excluding hydrogens is 456 g/mol. The number of H-pyrrole nitrogens is 1. The van der Waals surface area contributed by atoms with Gasteiger partial charge >= 0.3 is 5.97 Å². The number of benzene rings is 3. The predicted molar refractivity (Wildman–Crippen MR) is 137 cm³/mol. The van der Waals surface area contributed by atoms with E-state index < -0.39 is 23.7 Å². The van der Waals surface area contributed by atoms with Gasteiger partial charge in [-0.3, -0.25) is 19.3 Å². The molecule has 4 aromatic rings. The van der Waals surface area contributed by atoms with Crippen molar-refractivity contribution in [2.24, 2.45) is 0 Å². The number of ketones is 1. The number of aryl methyl sites for hydroxylation is 2. The number of fused-ring (bicyclic) bond motifs is 1. The van der Waals surface area contributed by atoms with Gasteiger partial charge in [0.2, 0.25) is 0 Å². The number of nitrogens with zero attached hydrogens (tertiary/aromatic N) is 1. The number of aromatic nitrogens is 1. The number of hydrogen-bond acceptors (Lipinski definition) is 5. The maximum atomic E-state index is 13.5. The van der Waals surface area contributed by atoms with Crippen LogP contribution >= 0.6 is 0 Å². The normalized spacial score (nSPS) is 17.1. The van der Waals surface area contributed by atoms with Gasteiger partial charge in [-0.05, 0) is 60.9 Å². The van der Waals surface area contributed by atoms with Crippen LogP contribution in [0, 0.1) is 13.8 Å². The topological polar surface area (TPSA) is 99.7 Å². The molecule has 3 aromatic carbocycles. The minimum Gasteiger partial charge on any atom is -0.507 e. The number of ether oxygens (including phenoxy) is 1. The maximum absolute atomic E-state index is 13.5. The summed E-state index contributed by atoms with van der Waals surface area (Å²) in [5.74, 6) is -2.03. The smallest absolute Gasteiger partial charge is 0.308 e. The first-order valence-corrected chi connectivity index (χ1v) is 11.5. The molecule has 0 radical (unpaired) electrons. The molecule has 2 N–H and O–H groups in total. The van der Waals surface area contributed by atoms with Gasteiger partial charge in [-0.25, -0.2) is 0 Å². The number of hydrogen-bond donors (Lipinski definition) is 2. The Labute approximate surface area is 207 Å². The molecule has 36 heavy (non-hydrogen) atoms. The molecule has 0 saturated carbocycles. The summed E-state index contributed by atoms with van der Waals surface area (Å²) in [6.45, 7) is 5.12. The minimum absolute atomic E-state index is 0.0381. The van der Waals surface area contributed by atoms with Crippen LogP contribution in [0.5, 0.6) is 5.75 Å². The van der Waals surface area contributed by atoms with E-state index in [-0.39, 0.29) is 17.1 Å². The Morgan fingerprint density at radius 1 is 0.972 bits per heavy atom. The molecule has 1 saturated heterocycles. The number of para-hydroxylation sites is 1. The monoisotopic (exact) mass is 480 g/mol. The molecule has 0 spiro atoms. The van der Waals surface area contributed by atoms with Crippen molar-refractivity contribution in [3.8, 4) is 5.75 Å². The lowest BCUT2D eigenvalue weighted by Crippen LogP contribution is -2.29. The lowest BCUT2D eigenvalue weighted by Gasteiger charge is -2.26. The number of carbonyl (C=O) groups is 3. The molecule has 0 aliphatic carbocycles. The van der Waals surface area contributed by atoms with Crippen LogP contribution in [-0.2, 0) is 14.4 Å². The Morgan fingerprint density at radius 2 is 1.69 bits per heavy atom. The molecule has 1 fully saturated rings. The van der Waals surface area contributed by atoms with Crippen molar-refractivity contribution < 1.29 is 24.2 Å². The van der Waals surface area contributed by atoms with E-state index in [1.54, 1.807) is 30.5 Å². The summed E-state index contributed by atoms with van der Waals surface area (Å²) >= 11 is 0. The van der Waals surface area contributed by atoms with E-state index in [0.29, 0.717) is 16.8 Å². The summed E-state index contributed by atoms with van der Waals surface area (Å²) in [6.07, 6.45) is 1.62. The Hall–Kier alpha value is -4.65. The second-order valence-electron chi connectivity index (χ2n) is 8.93. The highest BCUT2D eigenvalue weighted by Crippen LogP contribution is 2.44. The average Bonchev–Trinajstić information content (AvgIpc) is 3.37. The van der Waals surface area contributed by atoms with Crippen LogP contribution < -0.4 is 9.64 Å². The number of amides is 1. The second kappa shape index (κ2) is 8.85. The van der Waals surface area contributed by atoms with Crippen LogP contribution in [-0.4, -0.2) is 27.8 Å². The molecule has 7 heteroatoms. The number of anilines is 1. The summed E-state index contributed by atoms with van der Waals surface area (Å²) in [4.78, 5) is 43.0. The number of aliphatic hydroxyl groups is 1. The van der Waals surface area contributed by atoms with Gasteiger partial charge in [0.25, 0.3) is 11.7 Å². The Morgan fingerprint density at radius 3 is 2.42 bits per heavy atom. The molecular formula is C29H24N2O5. The van der Waals surface area contributed by atoms with Crippen molar-refractivity contribution in [2.45, 2.75) is 26.8 Å². The van der Waals surface area contributed by atoms with Crippen molar-refractivity contribution in [2.75, 3.05) is 4.90 Å². The number of rotatable bonds is 4. The molecule has 1 atom stereocenters. The van der Waals surface area contributed by atoms with Gasteiger partial charge in [0.15, 0.2) is 0 Å². The fourth-order valence-electron chi connectivity index (χ4n) is 4.83. The number of Topliss-reactive ketones (excluding diaryl/α,β-unsaturated/α-hetero) is 1. The third-order valence-electron chi connectivity index (χ3n) is 6.21. The first-order valence-electron chi connectivity index (χ1n) is 11.5. The van der Waals surface area contributed by atoms with Gasteiger partial charge in [-0.15, -0.1) is 0 Å². The summed E-state index contributed by atoms with van der Waals surface area (Å²) in [5.41, 5.74) is 4.08. The van der Waals surface area contributed by atoms with Crippen molar-refractivity contribution in [3.63, 3.8) is 0 Å². The lowest BCUT2D eigenvalue weighted by molar-refractivity contribution is -0.132. The third kappa shape index (κ3) is 3.94. The number of carbonyl (C=O) groups excluding carboxylic acids is 3. The summed E-state index contributed by atoms with van der Waals surface area (Å²) in [6, 6.07) is 18.7. The fourth-order valence-corrected chi connectivity index (χ4v) is 4.83. The SMILES string of the molecule is CC(=O)Oc1cccc(C2/C(=C(/O)c3c[nH]c4ccccc34)C(=O)C(=O)N2c2cc(C)cc(C)c2)c1. The quantitative estimate of drug-likeness (QED) is 0.135. The highest BCUT2D eigenvalue weighted by molar-refractivity contribution is 6.51. The zero-order valence-corrected chi connectivity index (χ0v) is 20.0. The summed E-state index contributed by atoms with van der Waals surface area (Å²) in [5, 5.41) is 12.2. The number of aromatic amines is 1. The van der Waals surface area contributed by atoms with E-state index in [1.165, 1.54) is 11.8 Å². The van der Waals surface area contributed by atoms with Crippen molar-refractivity contribution in [1.29, 1.82) is 0 Å². The van der Waals surface area contributed by atoms with Gasteiger partial charge in [0.05, 0.1) is 11.6 Å². The average molecular weight is 481 g/mol. The molecule has 1 aliphatic rings. The van der Waals surface area contributed by atoms with Crippen molar-refractivity contribution in [3.05, 3.63) is 101 Å². The highest BCUT2D eigenvalue weighted by atomic mass is 16.5. The van der Waals surface area contributed by atoms with Gasteiger partial charge in [0, 0.05) is 35.3 Å². The Kier molecular flexibility index (Phi) is 5.68. The molecule has 180 valence electrons. The van der Waals surface area contributed by atoms with E-state index in [2.05, 4.69) is 4.98 Å². The van der Waals surface area contributed by atoms with Crippen molar-refractivity contribution >= 4 is 40.0 Å². The van der Waals surface area contributed by atoms with E-state index in [1.807, 2.05) is 56.3 Å². The number of esters is 1. The van der Waals surface area contributed by atoms with E-state index in [0.717, 1.165) is 22.0 Å². The summed E-state index contributed by atoms with van der Waals surface area (Å²) < 4.78 is 5.26. The zero-order valence-electron chi connectivity index (χ0n) is 20.0.